The predicted octanol–water partition coefficient (Wildman–Crippen LogP) is 2.38. The van der Waals surface area contributed by atoms with Crippen molar-refractivity contribution in [3.05, 3.63) is 35.6 Å². The molecule has 25 heavy (non-hydrogen) atoms. The summed E-state index contributed by atoms with van der Waals surface area (Å²) in [5, 5.41) is 0. The predicted molar refractivity (Wildman–Crippen MR) is 95.2 cm³/mol. The molecule has 0 bridgehead atoms. The minimum absolute atomic E-state index is 0.0335. The average molecular weight is 345 g/mol. The highest BCUT2D eigenvalue weighted by molar-refractivity contribution is 5.82. The maximum atomic E-state index is 13.2. The Morgan fingerprint density at radius 1 is 1.12 bits per heavy atom. The molecule has 1 amide bonds. The molecule has 4 unspecified atom stereocenters. The fourth-order valence-corrected chi connectivity index (χ4v) is 4.98. The van der Waals surface area contributed by atoms with E-state index in [4.69, 9.17) is 5.73 Å². The van der Waals surface area contributed by atoms with E-state index < -0.39 is 0 Å². The molecule has 1 saturated carbocycles. The number of nitrogens with zero attached hydrogens (tertiary/aromatic N) is 2. The molecule has 0 radical (unpaired) electrons. The van der Waals surface area contributed by atoms with E-state index in [1.54, 1.807) is 0 Å². The lowest BCUT2D eigenvalue weighted by molar-refractivity contribution is -0.137. The number of fused-ring (bicyclic) bond motifs is 1. The lowest BCUT2D eigenvalue weighted by atomic mass is 9.98. The van der Waals surface area contributed by atoms with Crippen molar-refractivity contribution in [2.24, 2.45) is 17.6 Å². The number of carbonyl (C=O) groups is 1. The Labute approximate surface area is 149 Å². The van der Waals surface area contributed by atoms with Gasteiger partial charge in [0.2, 0.25) is 5.91 Å². The Hall–Kier alpha value is -1.46. The second-order valence-electron chi connectivity index (χ2n) is 8.02. The van der Waals surface area contributed by atoms with Crippen molar-refractivity contribution in [3.8, 4) is 0 Å². The van der Waals surface area contributed by atoms with Gasteiger partial charge in [0, 0.05) is 25.7 Å². The highest BCUT2D eigenvalue weighted by Crippen LogP contribution is 2.38. The van der Waals surface area contributed by atoms with Gasteiger partial charge in [-0.15, -0.1) is 0 Å². The van der Waals surface area contributed by atoms with E-state index in [2.05, 4.69) is 9.80 Å². The quantitative estimate of drug-likeness (QED) is 0.915. The zero-order valence-electron chi connectivity index (χ0n) is 14.7. The Kier molecular flexibility index (Phi) is 4.78. The Morgan fingerprint density at radius 3 is 2.68 bits per heavy atom. The number of nitrogens with two attached hydrogens (primary N) is 1. The van der Waals surface area contributed by atoms with Gasteiger partial charge in [0.15, 0.2) is 0 Å². The number of rotatable bonds is 3. The topological polar surface area (TPSA) is 49.6 Å². The number of hydrogen-bond acceptors (Lipinski definition) is 3. The van der Waals surface area contributed by atoms with Gasteiger partial charge in [0.1, 0.15) is 5.82 Å². The van der Waals surface area contributed by atoms with E-state index in [-0.39, 0.29) is 23.8 Å². The number of likely N-dealkylation sites (tertiary alicyclic amines) is 2. The van der Waals surface area contributed by atoms with Gasteiger partial charge in [-0.2, -0.15) is 0 Å². The molecule has 5 heteroatoms. The van der Waals surface area contributed by atoms with Gasteiger partial charge in [-0.3, -0.25) is 9.69 Å². The van der Waals surface area contributed by atoms with Crippen LogP contribution in [0, 0.1) is 17.7 Å². The standard InChI is InChI=1S/C20H28FN3O/c21-16-7-4-14(5-8-16)11-23-10-2-1-3-19(23)20(25)24-12-15-6-9-18(22)17(15)13-24/h4-5,7-8,15,17-19H,1-3,6,9-13,22H2. The van der Waals surface area contributed by atoms with Crippen LogP contribution in [0.15, 0.2) is 24.3 Å². The monoisotopic (exact) mass is 345 g/mol. The second kappa shape index (κ2) is 7.04. The van der Waals surface area contributed by atoms with Crippen LogP contribution in [-0.4, -0.2) is 47.4 Å². The van der Waals surface area contributed by atoms with Crippen LogP contribution in [0.3, 0.4) is 0 Å². The molecule has 4 rings (SSSR count). The van der Waals surface area contributed by atoms with E-state index in [0.717, 1.165) is 57.4 Å². The first-order chi connectivity index (χ1) is 12.1. The van der Waals surface area contributed by atoms with Gasteiger partial charge in [-0.05, 0) is 61.8 Å². The summed E-state index contributed by atoms with van der Waals surface area (Å²) in [5.41, 5.74) is 7.29. The van der Waals surface area contributed by atoms with Crippen molar-refractivity contribution in [2.75, 3.05) is 19.6 Å². The number of piperidine rings is 1. The first kappa shape index (κ1) is 17.0. The van der Waals surface area contributed by atoms with Crippen LogP contribution >= 0.6 is 0 Å². The molecule has 2 saturated heterocycles. The lowest BCUT2D eigenvalue weighted by Crippen LogP contribution is -2.50. The van der Waals surface area contributed by atoms with Crippen LogP contribution in [0.4, 0.5) is 4.39 Å². The van der Waals surface area contributed by atoms with E-state index in [9.17, 15) is 9.18 Å². The van der Waals surface area contributed by atoms with E-state index >= 15 is 0 Å². The maximum absolute atomic E-state index is 13.2. The Morgan fingerprint density at radius 2 is 1.92 bits per heavy atom. The largest absolute Gasteiger partial charge is 0.341 e. The number of amides is 1. The summed E-state index contributed by atoms with van der Waals surface area (Å²) in [6.45, 7) is 3.38. The van der Waals surface area contributed by atoms with Crippen molar-refractivity contribution < 1.29 is 9.18 Å². The third-order valence-corrected chi connectivity index (χ3v) is 6.42. The summed E-state index contributed by atoms with van der Waals surface area (Å²) in [6, 6.07) is 6.88. The molecule has 2 N–H and O–H groups in total. The van der Waals surface area contributed by atoms with E-state index in [0.29, 0.717) is 11.8 Å². The molecule has 136 valence electrons. The first-order valence-corrected chi connectivity index (χ1v) is 9.64. The van der Waals surface area contributed by atoms with Crippen molar-refractivity contribution in [1.29, 1.82) is 0 Å². The number of benzene rings is 1. The third-order valence-electron chi connectivity index (χ3n) is 6.42. The van der Waals surface area contributed by atoms with Crippen LogP contribution in [0.5, 0.6) is 0 Å². The zero-order valence-corrected chi connectivity index (χ0v) is 14.7. The fraction of sp³-hybridized carbons (Fsp3) is 0.650. The normalized spacial score (nSPS) is 32.8. The first-order valence-electron chi connectivity index (χ1n) is 9.64. The minimum Gasteiger partial charge on any atom is -0.341 e. The van der Waals surface area contributed by atoms with Crippen LogP contribution in [0.2, 0.25) is 0 Å². The zero-order chi connectivity index (χ0) is 17.4. The van der Waals surface area contributed by atoms with Crippen molar-refractivity contribution in [1.82, 2.24) is 9.80 Å². The maximum Gasteiger partial charge on any atom is 0.239 e. The van der Waals surface area contributed by atoms with Gasteiger partial charge < -0.3 is 10.6 Å². The van der Waals surface area contributed by atoms with Gasteiger partial charge in [0.25, 0.3) is 0 Å². The fourth-order valence-electron chi connectivity index (χ4n) is 4.98. The molecule has 4 atom stereocenters. The molecular formula is C20H28FN3O. The minimum atomic E-state index is -0.213. The van der Waals surface area contributed by atoms with Crippen LogP contribution in [0.25, 0.3) is 0 Å². The van der Waals surface area contributed by atoms with E-state index in [1.165, 1.54) is 18.6 Å². The summed E-state index contributed by atoms with van der Waals surface area (Å²) in [4.78, 5) is 17.5. The van der Waals surface area contributed by atoms with Crippen molar-refractivity contribution in [2.45, 2.75) is 50.7 Å². The van der Waals surface area contributed by atoms with Crippen LogP contribution in [-0.2, 0) is 11.3 Å². The molecule has 3 fully saturated rings. The number of carbonyl (C=O) groups excluding carboxylic acids is 1. The van der Waals surface area contributed by atoms with Crippen molar-refractivity contribution in [3.63, 3.8) is 0 Å². The van der Waals surface area contributed by atoms with E-state index in [1.807, 2.05) is 12.1 Å². The molecule has 1 aliphatic carbocycles. The summed E-state index contributed by atoms with van der Waals surface area (Å²) < 4.78 is 13.1. The van der Waals surface area contributed by atoms with Crippen LogP contribution in [0.1, 0.15) is 37.7 Å². The Balaban J connectivity index is 1.43. The summed E-state index contributed by atoms with van der Waals surface area (Å²) in [7, 11) is 0. The molecule has 3 aliphatic rings. The summed E-state index contributed by atoms with van der Waals surface area (Å²) in [5.74, 6) is 1.17. The van der Waals surface area contributed by atoms with Gasteiger partial charge >= 0.3 is 0 Å². The number of halogens is 1. The summed E-state index contributed by atoms with van der Waals surface area (Å²) in [6.07, 6.45) is 5.44. The Bertz CT molecular complexity index is 620. The highest BCUT2D eigenvalue weighted by atomic mass is 19.1. The molecular weight excluding hydrogens is 317 g/mol. The molecule has 4 nitrogen and oxygen atoms in total. The molecule has 1 aromatic rings. The molecule has 0 aromatic heterocycles. The SMILES string of the molecule is NC1CCC2CN(C(=O)C3CCCCN3Cc3ccc(F)cc3)CC12. The van der Waals surface area contributed by atoms with Crippen molar-refractivity contribution >= 4 is 5.91 Å². The molecule has 0 spiro atoms. The lowest BCUT2D eigenvalue weighted by Gasteiger charge is -2.37. The van der Waals surface area contributed by atoms with Gasteiger partial charge in [0.05, 0.1) is 6.04 Å². The number of hydrogen-bond donors (Lipinski definition) is 1. The molecule has 1 aromatic carbocycles. The van der Waals surface area contributed by atoms with Gasteiger partial charge in [-0.25, -0.2) is 4.39 Å². The third kappa shape index (κ3) is 3.44. The van der Waals surface area contributed by atoms with Crippen LogP contribution < -0.4 is 5.73 Å². The summed E-state index contributed by atoms with van der Waals surface area (Å²) >= 11 is 0. The second-order valence-corrected chi connectivity index (χ2v) is 8.02. The highest BCUT2D eigenvalue weighted by Gasteiger charge is 2.44. The van der Waals surface area contributed by atoms with Gasteiger partial charge in [-0.1, -0.05) is 18.6 Å². The molecule has 2 heterocycles. The average Bonchev–Trinajstić information content (AvgIpc) is 3.19. The molecule has 2 aliphatic heterocycles. The smallest absolute Gasteiger partial charge is 0.239 e.